The van der Waals surface area contributed by atoms with Crippen LogP contribution >= 0.6 is 0 Å². The van der Waals surface area contributed by atoms with Crippen molar-refractivity contribution in [2.24, 2.45) is 13.0 Å². The smallest absolute Gasteiger partial charge is 0.229 e. The highest BCUT2D eigenvalue weighted by atomic mass is 15.3. The average Bonchev–Trinajstić information content (AvgIpc) is 3.20. The van der Waals surface area contributed by atoms with Gasteiger partial charge in [0.1, 0.15) is 0 Å². The lowest BCUT2D eigenvalue weighted by atomic mass is 9.96. The van der Waals surface area contributed by atoms with Crippen molar-refractivity contribution < 1.29 is 0 Å². The third-order valence-corrected chi connectivity index (χ3v) is 4.49. The topological polar surface area (TPSA) is 85.5 Å². The van der Waals surface area contributed by atoms with Gasteiger partial charge >= 0.3 is 0 Å². The Bertz CT molecular complexity index is 814. The third kappa shape index (κ3) is 3.23. The van der Waals surface area contributed by atoms with Crippen molar-refractivity contribution in [3.63, 3.8) is 0 Å². The van der Waals surface area contributed by atoms with Crippen molar-refractivity contribution in [3.05, 3.63) is 24.8 Å². The summed E-state index contributed by atoms with van der Waals surface area (Å²) in [6.07, 6.45) is 11.0. The summed E-state index contributed by atoms with van der Waals surface area (Å²) in [5, 5.41) is 16.2. The number of hydrogen-bond acceptors (Lipinski definition) is 6. The molecule has 0 bridgehead atoms. The Kier molecular flexibility index (Phi) is 4.12. The molecule has 1 saturated heterocycles. The van der Waals surface area contributed by atoms with Crippen molar-refractivity contribution in [3.8, 4) is 0 Å². The molecule has 4 rings (SSSR count). The van der Waals surface area contributed by atoms with E-state index in [1.165, 1.54) is 12.8 Å². The van der Waals surface area contributed by atoms with Crippen LogP contribution in [0.3, 0.4) is 0 Å². The maximum absolute atomic E-state index is 4.63. The standard InChI is InChI=1S/C16H22N8/c1-23-11-14(10-19-23)21-16-18-8-13-9-20-24(15(13)22-16)6-4-12-3-2-5-17-7-12/h8-12,17H,2-7H2,1H3,(H,18,21,22). The number of rotatable bonds is 5. The fourth-order valence-corrected chi connectivity index (χ4v) is 3.18. The Morgan fingerprint density at radius 1 is 1.29 bits per heavy atom. The van der Waals surface area contributed by atoms with E-state index in [4.69, 9.17) is 0 Å². The summed E-state index contributed by atoms with van der Waals surface area (Å²) in [5.74, 6) is 1.30. The van der Waals surface area contributed by atoms with Crippen LogP contribution in [-0.4, -0.2) is 42.6 Å². The minimum Gasteiger partial charge on any atom is -0.321 e. The number of fused-ring (bicyclic) bond motifs is 1. The highest BCUT2D eigenvalue weighted by Crippen LogP contribution is 2.19. The monoisotopic (exact) mass is 326 g/mol. The molecule has 0 amide bonds. The molecule has 2 N–H and O–H groups in total. The molecule has 0 aliphatic carbocycles. The van der Waals surface area contributed by atoms with Gasteiger partial charge in [0.05, 0.1) is 23.5 Å². The van der Waals surface area contributed by atoms with Crippen LogP contribution < -0.4 is 10.6 Å². The Morgan fingerprint density at radius 3 is 3.04 bits per heavy atom. The Balaban J connectivity index is 1.50. The van der Waals surface area contributed by atoms with Gasteiger partial charge in [0.25, 0.3) is 0 Å². The van der Waals surface area contributed by atoms with Crippen LogP contribution in [0, 0.1) is 5.92 Å². The van der Waals surface area contributed by atoms with E-state index in [1.54, 1.807) is 10.9 Å². The summed E-state index contributed by atoms with van der Waals surface area (Å²) in [6.45, 7) is 3.15. The molecule has 3 aromatic heterocycles. The van der Waals surface area contributed by atoms with Gasteiger partial charge in [-0.15, -0.1) is 0 Å². The van der Waals surface area contributed by atoms with Gasteiger partial charge in [0.15, 0.2) is 5.65 Å². The largest absolute Gasteiger partial charge is 0.321 e. The van der Waals surface area contributed by atoms with E-state index >= 15 is 0 Å². The molecule has 0 aromatic carbocycles. The van der Waals surface area contributed by atoms with Crippen LogP contribution in [0.2, 0.25) is 0 Å². The first-order valence-corrected chi connectivity index (χ1v) is 8.43. The normalized spacial score (nSPS) is 18.1. The number of hydrogen-bond donors (Lipinski definition) is 2. The van der Waals surface area contributed by atoms with Gasteiger partial charge in [-0.05, 0) is 38.3 Å². The third-order valence-electron chi connectivity index (χ3n) is 4.49. The van der Waals surface area contributed by atoms with Crippen molar-refractivity contribution in [1.82, 2.24) is 34.8 Å². The number of piperidine rings is 1. The number of nitrogens with zero attached hydrogens (tertiary/aromatic N) is 6. The molecule has 1 fully saturated rings. The maximum atomic E-state index is 4.63. The van der Waals surface area contributed by atoms with Crippen LogP contribution in [0.1, 0.15) is 19.3 Å². The molecule has 8 heteroatoms. The molecule has 1 unspecified atom stereocenters. The Labute approximate surface area is 140 Å². The summed E-state index contributed by atoms with van der Waals surface area (Å²) in [4.78, 5) is 8.98. The second-order valence-electron chi connectivity index (χ2n) is 6.37. The molecule has 3 aromatic rings. The SMILES string of the molecule is Cn1cc(Nc2ncc3cnn(CCC4CCCNC4)c3n2)cn1. The van der Waals surface area contributed by atoms with E-state index in [-0.39, 0.29) is 0 Å². The summed E-state index contributed by atoms with van der Waals surface area (Å²) >= 11 is 0. The lowest BCUT2D eigenvalue weighted by Gasteiger charge is -2.22. The van der Waals surface area contributed by atoms with Gasteiger partial charge < -0.3 is 10.6 Å². The Hall–Kier alpha value is -2.48. The zero-order valence-electron chi connectivity index (χ0n) is 13.8. The number of anilines is 2. The number of aryl methyl sites for hydroxylation is 2. The molecule has 126 valence electrons. The van der Waals surface area contributed by atoms with E-state index in [9.17, 15) is 0 Å². The van der Waals surface area contributed by atoms with Crippen molar-refractivity contribution in [2.45, 2.75) is 25.8 Å². The first-order chi connectivity index (χ1) is 11.8. The minimum atomic E-state index is 0.566. The van der Waals surface area contributed by atoms with Crippen LogP contribution in [0.5, 0.6) is 0 Å². The van der Waals surface area contributed by atoms with Crippen molar-refractivity contribution in [2.75, 3.05) is 18.4 Å². The predicted molar refractivity (Wildman–Crippen MR) is 92.0 cm³/mol. The fraction of sp³-hybridized carbons (Fsp3) is 0.500. The van der Waals surface area contributed by atoms with E-state index in [1.807, 2.05) is 30.3 Å². The van der Waals surface area contributed by atoms with E-state index in [0.29, 0.717) is 5.95 Å². The lowest BCUT2D eigenvalue weighted by molar-refractivity contribution is 0.337. The molecular weight excluding hydrogens is 304 g/mol. The molecule has 8 nitrogen and oxygen atoms in total. The zero-order valence-corrected chi connectivity index (χ0v) is 13.8. The molecule has 1 aliphatic rings. The van der Waals surface area contributed by atoms with Gasteiger partial charge in [-0.1, -0.05) is 0 Å². The fourth-order valence-electron chi connectivity index (χ4n) is 3.18. The number of nitrogens with one attached hydrogen (secondary N) is 2. The van der Waals surface area contributed by atoms with Gasteiger partial charge in [-0.25, -0.2) is 9.67 Å². The van der Waals surface area contributed by atoms with Crippen LogP contribution in [0.15, 0.2) is 24.8 Å². The summed E-state index contributed by atoms with van der Waals surface area (Å²) in [5.41, 5.74) is 1.75. The quantitative estimate of drug-likeness (QED) is 0.742. The molecular formula is C16H22N8. The first-order valence-electron chi connectivity index (χ1n) is 8.43. The highest BCUT2D eigenvalue weighted by molar-refractivity contribution is 5.75. The maximum Gasteiger partial charge on any atom is 0.229 e. The van der Waals surface area contributed by atoms with Crippen LogP contribution in [0.4, 0.5) is 11.6 Å². The summed E-state index contributed by atoms with van der Waals surface area (Å²) in [6, 6.07) is 0. The summed E-state index contributed by atoms with van der Waals surface area (Å²) in [7, 11) is 1.88. The van der Waals surface area contributed by atoms with Gasteiger partial charge in [0.2, 0.25) is 5.95 Å². The molecule has 0 saturated carbocycles. The second kappa shape index (κ2) is 6.56. The van der Waals surface area contributed by atoms with Crippen LogP contribution in [-0.2, 0) is 13.6 Å². The second-order valence-corrected chi connectivity index (χ2v) is 6.37. The van der Waals surface area contributed by atoms with E-state index in [0.717, 1.165) is 48.7 Å². The summed E-state index contributed by atoms with van der Waals surface area (Å²) < 4.78 is 3.73. The molecule has 1 aliphatic heterocycles. The highest BCUT2D eigenvalue weighted by Gasteiger charge is 2.14. The average molecular weight is 326 g/mol. The van der Waals surface area contributed by atoms with Gasteiger partial charge in [-0.2, -0.15) is 15.2 Å². The van der Waals surface area contributed by atoms with E-state index in [2.05, 4.69) is 30.8 Å². The lowest BCUT2D eigenvalue weighted by Crippen LogP contribution is -2.30. The Morgan fingerprint density at radius 2 is 2.25 bits per heavy atom. The van der Waals surface area contributed by atoms with Gasteiger partial charge in [0, 0.05) is 26.0 Å². The molecule has 0 spiro atoms. The first kappa shape index (κ1) is 15.1. The molecule has 0 radical (unpaired) electrons. The predicted octanol–water partition coefficient (Wildman–Crippen LogP) is 1.69. The van der Waals surface area contributed by atoms with Crippen molar-refractivity contribution in [1.29, 1.82) is 0 Å². The number of aromatic nitrogens is 6. The van der Waals surface area contributed by atoms with Gasteiger partial charge in [-0.3, -0.25) is 4.68 Å². The van der Waals surface area contributed by atoms with Crippen molar-refractivity contribution >= 4 is 22.7 Å². The minimum absolute atomic E-state index is 0.566. The van der Waals surface area contributed by atoms with Crippen LogP contribution in [0.25, 0.3) is 11.0 Å². The molecule has 4 heterocycles. The zero-order chi connectivity index (χ0) is 16.4. The molecule has 24 heavy (non-hydrogen) atoms. The molecule has 1 atom stereocenters. The van der Waals surface area contributed by atoms with E-state index < -0.39 is 0 Å².